The topological polar surface area (TPSA) is 95.6 Å². The molecule has 9 nitrogen and oxygen atoms in total. The van der Waals surface area contributed by atoms with Crippen LogP contribution in [0.3, 0.4) is 0 Å². The number of ether oxygens (including phenoxy) is 2. The lowest BCUT2D eigenvalue weighted by atomic mass is 9.61. The summed E-state index contributed by atoms with van der Waals surface area (Å²) in [6, 6.07) is 13.3. The van der Waals surface area contributed by atoms with E-state index in [1.807, 2.05) is 65.5 Å². The van der Waals surface area contributed by atoms with Crippen molar-refractivity contribution in [3.05, 3.63) is 71.9 Å². The lowest BCUT2D eigenvalue weighted by Crippen LogP contribution is -2.52. The number of aromatic nitrogens is 5. The minimum absolute atomic E-state index is 0.105. The van der Waals surface area contributed by atoms with E-state index in [1.165, 1.54) is 12.3 Å². The van der Waals surface area contributed by atoms with Crippen molar-refractivity contribution >= 4 is 28.3 Å². The first-order valence-electron chi connectivity index (χ1n) is 15.0. The smallest absolute Gasteiger partial charge is 0.311 e. The Morgan fingerprint density at radius 3 is 2.67 bits per heavy atom. The molecule has 4 heterocycles. The number of pyridine rings is 1. The molecule has 8 rings (SSSR count). The van der Waals surface area contributed by atoms with Gasteiger partial charge >= 0.3 is 5.97 Å². The summed E-state index contributed by atoms with van der Waals surface area (Å²) in [4.78, 5) is 22.8. The van der Waals surface area contributed by atoms with Crippen molar-refractivity contribution in [2.45, 2.75) is 52.2 Å². The van der Waals surface area contributed by atoms with Crippen LogP contribution in [0.2, 0.25) is 0 Å². The monoisotopic (exact) mass is 582 g/mol. The molecule has 3 saturated carbocycles. The average Bonchev–Trinajstić information content (AvgIpc) is 3.59. The molecule has 1 N–H and O–H groups in total. The van der Waals surface area contributed by atoms with Crippen LogP contribution in [-0.4, -0.2) is 49.9 Å². The van der Waals surface area contributed by atoms with Crippen molar-refractivity contribution < 1.29 is 18.7 Å². The fourth-order valence-electron chi connectivity index (χ4n) is 7.20. The highest BCUT2D eigenvalue weighted by atomic mass is 19.1. The number of hydrogen-bond donors (Lipinski definition) is 1. The zero-order chi connectivity index (χ0) is 29.7. The SMILES string of the molecule is CCOC(=O)[C@@H]1C2CCC(CC2)[C@H]1Nc1nc(-c2cn(-c3ccccc3C)c3ncc(F)cc23)nn2c(COC)ccc12. The highest BCUT2D eigenvalue weighted by molar-refractivity contribution is 5.94. The number of rotatable bonds is 8. The first kappa shape index (κ1) is 27.5. The average molecular weight is 583 g/mol. The minimum Gasteiger partial charge on any atom is -0.466 e. The Morgan fingerprint density at radius 1 is 1.12 bits per heavy atom. The number of benzene rings is 1. The summed E-state index contributed by atoms with van der Waals surface area (Å²) in [6.07, 6.45) is 7.37. The van der Waals surface area contributed by atoms with Gasteiger partial charge < -0.3 is 19.4 Å². The molecule has 0 unspecified atom stereocenters. The molecule has 10 heteroatoms. The van der Waals surface area contributed by atoms with E-state index >= 15 is 0 Å². The Hall–Kier alpha value is -4.31. The maximum absolute atomic E-state index is 14.7. The number of carbonyl (C=O) groups excluding carboxylic acids is 1. The summed E-state index contributed by atoms with van der Waals surface area (Å²) in [5.74, 6) is 0.858. The van der Waals surface area contributed by atoms with Crippen molar-refractivity contribution in [3.63, 3.8) is 0 Å². The molecule has 3 fully saturated rings. The lowest BCUT2D eigenvalue weighted by molar-refractivity contribution is -0.154. The number of fused-ring (bicyclic) bond motifs is 5. The molecular weight excluding hydrogens is 547 g/mol. The van der Waals surface area contributed by atoms with Gasteiger partial charge in [0.1, 0.15) is 17.0 Å². The lowest BCUT2D eigenvalue weighted by Gasteiger charge is -2.47. The Bertz CT molecular complexity index is 1820. The fourth-order valence-corrected chi connectivity index (χ4v) is 7.20. The van der Waals surface area contributed by atoms with E-state index in [-0.39, 0.29) is 23.8 Å². The van der Waals surface area contributed by atoms with Gasteiger partial charge in [0, 0.05) is 36.0 Å². The number of esters is 1. The number of carbonyl (C=O) groups is 1. The Morgan fingerprint density at radius 2 is 1.91 bits per heavy atom. The molecular formula is C33H35FN6O3. The number of aryl methyl sites for hydroxylation is 1. The van der Waals surface area contributed by atoms with Crippen LogP contribution < -0.4 is 5.32 Å². The summed E-state index contributed by atoms with van der Waals surface area (Å²) in [5.41, 5.74) is 4.89. The van der Waals surface area contributed by atoms with Gasteiger partial charge in [0.2, 0.25) is 0 Å². The van der Waals surface area contributed by atoms with Crippen LogP contribution in [0.15, 0.2) is 54.9 Å². The third kappa shape index (κ3) is 4.74. The molecule has 2 atom stereocenters. The fraction of sp³-hybridized carbons (Fsp3) is 0.394. The molecule has 0 amide bonds. The van der Waals surface area contributed by atoms with Gasteiger partial charge in [-0.3, -0.25) is 4.79 Å². The normalized spacial score (nSPS) is 21.5. The number of nitrogens with one attached hydrogen (secondary N) is 1. The molecule has 0 saturated heterocycles. The second kappa shape index (κ2) is 11.1. The Labute approximate surface area is 249 Å². The quantitative estimate of drug-likeness (QED) is 0.221. The molecule has 4 aromatic heterocycles. The molecule has 0 radical (unpaired) electrons. The van der Waals surface area contributed by atoms with Gasteiger partial charge in [-0.05, 0) is 81.2 Å². The molecule has 0 aliphatic heterocycles. The molecule has 5 aromatic rings. The highest BCUT2D eigenvalue weighted by Crippen LogP contribution is 2.47. The zero-order valence-corrected chi connectivity index (χ0v) is 24.6. The zero-order valence-electron chi connectivity index (χ0n) is 24.6. The van der Waals surface area contributed by atoms with E-state index in [1.54, 1.807) is 7.11 Å². The maximum atomic E-state index is 14.7. The van der Waals surface area contributed by atoms with E-state index in [0.717, 1.165) is 48.1 Å². The van der Waals surface area contributed by atoms with Gasteiger partial charge in [0.15, 0.2) is 11.6 Å². The van der Waals surface area contributed by atoms with Crippen LogP contribution in [0.5, 0.6) is 0 Å². The van der Waals surface area contributed by atoms with Gasteiger partial charge in [0.25, 0.3) is 0 Å². The third-order valence-electron chi connectivity index (χ3n) is 9.19. The van der Waals surface area contributed by atoms with E-state index in [4.69, 9.17) is 19.6 Å². The van der Waals surface area contributed by atoms with Gasteiger partial charge in [-0.15, -0.1) is 5.10 Å². The van der Waals surface area contributed by atoms with E-state index < -0.39 is 5.82 Å². The van der Waals surface area contributed by atoms with Crippen LogP contribution in [0.4, 0.5) is 10.2 Å². The van der Waals surface area contributed by atoms with E-state index in [9.17, 15) is 9.18 Å². The number of para-hydroxylation sites is 1. The molecule has 2 bridgehead atoms. The minimum atomic E-state index is -0.438. The summed E-state index contributed by atoms with van der Waals surface area (Å²) in [6.45, 7) is 4.59. The van der Waals surface area contributed by atoms with Gasteiger partial charge in [-0.25, -0.2) is 18.9 Å². The van der Waals surface area contributed by atoms with Crippen LogP contribution in [-0.2, 0) is 20.9 Å². The van der Waals surface area contributed by atoms with Crippen molar-refractivity contribution in [1.82, 2.24) is 24.1 Å². The number of hydrogen-bond acceptors (Lipinski definition) is 7. The molecule has 222 valence electrons. The first-order valence-corrected chi connectivity index (χ1v) is 15.0. The summed E-state index contributed by atoms with van der Waals surface area (Å²) < 4.78 is 29.5. The maximum Gasteiger partial charge on any atom is 0.311 e. The second-order valence-electron chi connectivity index (χ2n) is 11.7. The van der Waals surface area contributed by atoms with E-state index in [0.29, 0.717) is 47.4 Å². The van der Waals surface area contributed by atoms with Crippen LogP contribution in [0.1, 0.15) is 43.9 Å². The van der Waals surface area contributed by atoms with Crippen molar-refractivity contribution in [2.24, 2.45) is 17.8 Å². The summed E-state index contributed by atoms with van der Waals surface area (Å²) >= 11 is 0. The summed E-state index contributed by atoms with van der Waals surface area (Å²) in [5, 5.41) is 9.26. The van der Waals surface area contributed by atoms with Gasteiger partial charge in [-0.1, -0.05) is 18.2 Å². The van der Waals surface area contributed by atoms with Crippen LogP contribution in [0.25, 0.3) is 33.6 Å². The standard InChI is InChI=1S/C33H35FN6O3/c1-4-43-33(41)28-20-9-11-21(12-10-20)29(28)36-31-27-14-13-23(18-42-3)40(27)38-30(37-31)25-17-39(26-8-6-5-7-19(26)2)32-24(25)15-22(34)16-35-32/h5-8,13-17,20-21,28-29H,4,9-12,18H2,1-3H3,(H,36,37,38)/t20?,21?,28-,29-/m1/s1. The van der Waals surface area contributed by atoms with Crippen LogP contribution >= 0.6 is 0 Å². The molecule has 0 spiro atoms. The molecule has 43 heavy (non-hydrogen) atoms. The van der Waals surface area contributed by atoms with Crippen molar-refractivity contribution in [1.29, 1.82) is 0 Å². The van der Waals surface area contributed by atoms with E-state index in [2.05, 4.69) is 10.3 Å². The second-order valence-corrected chi connectivity index (χ2v) is 11.7. The highest BCUT2D eigenvalue weighted by Gasteiger charge is 2.48. The largest absolute Gasteiger partial charge is 0.466 e. The molecule has 3 aliphatic rings. The predicted molar refractivity (Wildman–Crippen MR) is 161 cm³/mol. The first-order chi connectivity index (χ1) is 21.0. The van der Waals surface area contributed by atoms with Gasteiger partial charge in [-0.2, -0.15) is 0 Å². The number of nitrogens with zero attached hydrogens (tertiary/aromatic N) is 5. The Balaban J connectivity index is 1.40. The van der Waals surface area contributed by atoms with Crippen LogP contribution in [0, 0.1) is 30.5 Å². The predicted octanol–water partition coefficient (Wildman–Crippen LogP) is 6.11. The Kier molecular flexibility index (Phi) is 7.09. The van der Waals surface area contributed by atoms with Crippen molar-refractivity contribution in [2.75, 3.05) is 19.0 Å². The molecule has 1 aromatic carbocycles. The number of anilines is 1. The number of halogens is 1. The molecule has 3 aliphatic carbocycles. The van der Waals surface area contributed by atoms with Crippen molar-refractivity contribution in [3.8, 4) is 17.1 Å². The van der Waals surface area contributed by atoms with Gasteiger partial charge in [0.05, 0.1) is 31.0 Å². The summed E-state index contributed by atoms with van der Waals surface area (Å²) in [7, 11) is 1.65. The third-order valence-corrected chi connectivity index (χ3v) is 9.19. The number of methoxy groups -OCH3 is 1.